The van der Waals surface area contributed by atoms with E-state index in [1.165, 1.54) is 11.3 Å². The highest BCUT2D eigenvalue weighted by Crippen LogP contribution is 2.26. The molecule has 118 valence electrons. The van der Waals surface area contributed by atoms with Crippen LogP contribution in [0.15, 0.2) is 45.4 Å². The van der Waals surface area contributed by atoms with Gasteiger partial charge >= 0.3 is 0 Å². The molecule has 0 saturated heterocycles. The van der Waals surface area contributed by atoms with E-state index in [4.69, 9.17) is 0 Å². The Morgan fingerprint density at radius 1 is 1.17 bits per heavy atom. The number of nitrogens with one attached hydrogen (secondary N) is 1. The van der Waals surface area contributed by atoms with E-state index in [0.29, 0.717) is 6.42 Å². The number of para-hydroxylation sites is 1. The molecule has 1 amide bonds. The summed E-state index contributed by atoms with van der Waals surface area (Å²) in [6, 6.07) is 9.46. The Morgan fingerprint density at radius 2 is 2.00 bits per heavy atom. The monoisotopic (exact) mass is 361 g/mol. The Morgan fingerprint density at radius 3 is 2.74 bits per heavy atom. The maximum atomic E-state index is 12.0. The molecular formula is C16H15N3OS3. The van der Waals surface area contributed by atoms with Crippen molar-refractivity contribution in [2.24, 2.45) is 0 Å². The molecule has 1 aromatic carbocycles. The van der Waals surface area contributed by atoms with Crippen molar-refractivity contribution in [1.29, 1.82) is 0 Å². The first-order valence-electron chi connectivity index (χ1n) is 7.02. The second-order valence-corrected chi connectivity index (χ2v) is 7.89. The fraction of sp³-hybridized carbons (Fsp3) is 0.188. The van der Waals surface area contributed by atoms with Crippen LogP contribution in [0.25, 0.3) is 0 Å². The Labute approximate surface area is 147 Å². The number of nitrogens with zero attached hydrogens (tertiary/aromatic N) is 2. The second kappa shape index (κ2) is 7.72. The first kappa shape index (κ1) is 16.2. The molecule has 0 fully saturated rings. The van der Waals surface area contributed by atoms with E-state index < -0.39 is 0 Å². The van der Waals surface area contributed by atoms with E-state index in [1.807, 2.05) is 48.0 Å². The SMILES string of the molecule is Cc1csc(SCc2csc(CC(=O)Nc3ccccc3)n2)n1. The van der Waals surface area contributed by atoms with Crippen LogP contribution < -0.4 is 5.32 Å². The van der Waals surface area contributed by atoms with Gasteiger partial charge in [0.05, 0.1) is 12.1 Å². The summed E-state index contributed by atoms with van der Waals surface area (Å²) < 4.78 is 1.05. The van der Waals surface area contributed by atoms with Crippen molar-refractivity contribution in [3.05, 3.63) is 57.5 Å². The Hall–Kier alpha value is -1.70. The number of hydrogen-bond acceptors (Lipinski definition) is 6. The van der Waals surface area contributed by atoms with Crippen LogP contribution in [-0.4, -0.2) is 15.9 Å². The third-order valence-electron chi connectivity index (χ3n) is 2.91. The molecule has 4 nitrogen and oxygen atoms in total. The summed E-state index contributed by atoms with van der Waals surface area (Å²) >= 11 is 4.86. The van der Waals surface area contributed by atoms with Gasteiger partial charge in [-0.25, -0.2) is 9.97 Å². The molecule has 0 radical (unpaired) electrons. The fourth-order valence-corrected chi connectivity index (χ4v) is 4.53. The zero-order chi connectivity index (χ0) is 16.1. The van der Waals surface area contributed by atoms with E-state index in [2.05, 4.69) is 15.3 Å². The van der Waals surface area contributed by atoms with Gasteiger partial charge in [-0.05, 0) is 19.1 Å². The molecule has 2 aromatic heterocycles. The molecule has 0 spiro atoms. The van der Waals surface area contributed by atoms with Crippen molar-refractivity contribution in [1.82, 2.24) is 9.97 Å². The molecule has 23 heavy (non-hydrogen) atoms. The number of carbonyl (C=O) groups is 1. The van der Waals surface area contributed by atoms with Crippen LogP contribution in [0.4, 0.5) is 5.69 Å². The summed E-state index contributed by atoms with van der Waals surface area (Å²) in [5.41, 5.74) is 2.85. The molecule has 3 aromatic rings. The highest BCUT2D eigenvalue weighted by atomic mass is 32.2. The van der Waals surface area contributed by atoms with Gasteiger partial charge in [-0.15, -0.1) is 22.7 Å². The maximum Gasteiger partial charge on any atom is 0.231 e. The lowest BCUT2D eigenvalue weighted by molar-refractivity contribution is -0.115. The van der Waals surface area contributed by atoms with Gasteiger partial charge in [0.1, 0.15) is 9.35 Å². The van der Waals surface area contributed by atoms with E-state index in [1.54, 1.807) is 23.1 Å². The van der Waals surface area contributed by atoms with Crippen LogP contribution in [0.1, 0.15) is 16.4 Å². The summed E-state index contributed by atoms with van der Waals surface area (Å²) in [5, 5.41) is 7.77. The van der Waals surface area contributed by atoms with Gasteiger partial charge < -0.3 is 5.32 Å². The molecule has 0 aliphatic heterocycles. The van der Waals surface area contributed by atoms with Crippen molar-refractivity contribution >= 4 is 46.0 Å². The van der Waals surface area contributed by atoms with Crippen molar-refractivity contribution in [2.75, 3.05) is 5.32 Å². The van der Waals surface area contributed by atoms with Crippen LogP contribution in [0.5, 0.6) is 0 Å². The van der Waals surface area contributed by atoms with Crippen LogP contribution in [0.3, 0.4) is 0 Å². The summed E-state index contributed by atoms with van der Waals surface area (Å²) in [4.78, 5) is 21.0. The second-order valence-electron chi connectivity index (χ2n) is 4.87. The van der Waals surface area contributed by atoms with Crippen LogP contribution in [0.2, 0.25) is 0 Å². The molecule has 2 heterocycles. The molecule has 7 heteroatoms. The van der Waals surface area contributed by atoms with Crippen molar-refractivity contribution in [3.8, 4) is 0 Å². The zero-order valence-electron chi connectivity index (χ0n) is 12.5. The van der Waals surface area contributed by atoms with E-state index in [-0.39, 0.29) is 5.91 Å². The highest BCUT2D eigenvalue weighted by molar-refractivity contribution is 8.00. The number of rotatable bonds is 6. The number of carbonyl (C=O) groups excluding carboxylic acids is 1. The predicted octanol–water partition coefficient (Wildman–Crippen LogP) is 4.38. The van der Waals surface area contributed by atoms with Gasteiger partial charge in [-0.2, -0.15) is 0 Å². The summed E-state index contributed by atoms with van der Waals surface area (Å²) in [6.07, 6.45) is 0.306. The number of aromatic nitrogens is 2. The van der Waals surface area contributed by atoms with Gasteiger partial charge in [0.2, 0.25) is 5.91 Å². The topological polar surface area (TPSA) is 54.9 Å². The van der Waals surface area contributed by atoms with E-state index >= 15 is 0 Å². The quantitative estimate of drug-likeness (QED) is 0.662. The average molecular weight is 362 g/mol. The number of benzene rings is 1. The van der Waals surface area contributed by atoms with Crippen LogP contribution >= 0.6 is 34.4 Å². The van der Waals surface area contributed by atoms with Gasteiger partial charge in [0.15, 0.2) is 0 Å². The molecule has 0 atom stereocenters. The minimum atomic E-state index is -0.0414. The predicted molar refractivity (Wildman–Crippen MR) is 97.3 cm³/mol. The Bertz CT molecular complexity index is 783. The third kappa shape index (κ3) is 4.89. The lowest BCUT2D eigenvalue weighted by Gasteiger charge is -2.02. The molecule has 0 aliphatic rings. The Kier molecular flexibility index (Phi) is 5.43. The van der Waals surface area contributed by atoms with E-state index in [9.17, 15) is 4.79 Å². The molecule has 1 N–H and O–H groups in total. The van der Waals surface area contributed by atoms with Crippen LogP contribution in [-0.2, 0) is 17.0 Å². The number of aryl methyl sites for hydroxylation is 1. The van der Waals surface area contributed by atoms with E-state index in [0.717, 1.165) is 32.2 Å². The van der Waals surface area contributed by atoms with Crippen molar-refractivity contribution in [2.45, 2.75) is 23.4 Å². The van der Waals surface area contributed by atoms with Gasteiger partial charge in [0.25, 0.3) is 0 Å². The van der Waals surface area contributed by atoms with Crippen LogP contribution in [0, 0.1) is 6.92 Å². The minimum Gasteiger partial charge on any atom is -0.326 e. The molecule has 3 rings (SSSR count). The smallest absolute Gasteiger partial charge is 0.231 e. The Balaban J connectivity index is 1.51. The lowest BCUT2D eigenvalue weighted by atomic mass is 10.3. The third-order valence-corrected chi connectivity index (χ3v) is 5.98. The standard InChI is InChI=1S/C16H15N3OS3/c1-11-8-22-16(17-11)23-10-13-9-21-15(19-13)7-14(20)18-12-5-3-2-4-6-12/h2-6,8-9H,7,10H2,1H3,(H,18,20). The van der Waals surface area contributed by atoms with Gasteiger partial charge in [-0.3, -0.25) is 4.79 Å². The molecule has 0 unspecified atom stereocenters. The summed E-state index contributed by atoms with van der Waals surface area (Å²) in [5.74, 6) is 0.740. The normalized spacial score (nSPS) is 10.7. The summed E-state index contributed by atoms with van der Waals surface area (Å²) in [7, 11) is 0. The van der Waals surface area contributed by atoms with Gasteiger partial charge in [-0.1, -0.05) is 30.0 Å². The maximum absolute atomic E-state index is 12.0. The average Bonchev–Trinajstić information content (AvgIpc) is 3.15. The fourth-order valence-electron chi connectivity index (χ4n) is 1.89. The molecule has 0 aliphatic carbocycles. The molecular weight excluding hydrogens is 346 g/mol. The first-order chi connectivity index (χ1) is 11.2. The number of thioether (sulfide) groups is 1. The van der Waals surface area contributed by atoms with Crippen molar-refractivity contribution in [3.63, 3.8) is 0 Å². The number of amides is 1. The van der Waals surface area contributed by atoms with Gasteiger partial charge in [0, 0.05) is 27.9 Å². The first-order valence-corrected chi connectivity index (χ1v) is 9.76. The number of hydrogen-bond donors (Lipinski definition) is 1. The molecule has 0 saturated carbocycles. The minimum absolute atomic E-state index is 0.0414. The molecule has 0 bridgehead atoms. The number of thiazole rings is 2. The number of anilines is 1. The largest absolute Gasteiger partial charge is 0.326 e. The highest BCUT2D eigenvalue weighted by Gasteiger charge is 2.09. The van der Waals surface area contributed by atoms with Crippen molar-refractivity contribution < 1.29 is 4.79 Å². The zero-order valence-corrected chi connectivity index (χ0v) is 14.9. The summed E-state index contributed by atoms with van der Waals surface area (Å²) in [6.45, 7) is 1.99. The lowest BCUT2D eigenvalue weighted by Crippen LogP contribution is -2.14.